The maximum atomic E-state index is 4.58. The Kier molecular flexibility index (Phi) is 8.90. The normalized spacial score (nSPS) is 9.71. The number of hydrogen-bond donors (Lipinski definition) is 0. The molecule has 21 heavy (non-hydrogen) atoms. The van der Waals surface area contributed by atoms with E-state index in [0.717, 1.165) is 33.2 Å². The van der Waals surface area contributed by atoms with Crippen LogP contribution in [0.15, 0.2) is 49.6 Å². The van der Waals surface area contributed by atoms with Gasteiger partial charge in [-0.2, -0.15) is 0 Å². The van der Waals surface area contributed by atoms with Gasteiger partial charge in [-0.25, -0.2) is 0 Å². The van der Waals surface area contributed by atoms with Gasteiger partial charge in [-0.3, -0.25) is 9.97 Å². The van der Waals surface area contributed by atoms with Gasteiger partial charge in [0.15, 0.2) is 0 Å². The zero-order valence-electron chi connectivity index (χ0n) is 11.8. The van der Waals surface area contributed by atoms with E-state index in [4.69, 9.17) is 0 Å². The number of nitrogens with zero attached hydrogens (tertiary/aromatic N) is 2. The summed E-state index contributed by atoms with van der Waals surface area (Å²) in [6.45, 7) is 10.0. The Balaban J connectivity index is 0.000000395. The summed E-state index contributed by atoms with van der Waals surface area (Å²) in [7, 11) is 0. The van der Waals surface area contributed by atoms with Crippen molar-refractivity contribution in [1.29, 1.82) is 0 Å². The Hall–Kier alpha value is -0.0717. The first kappa shape index (κ1) is 19.0. The van der Waals surface area contributed by atoms with Gasteiger partial charge in [0.2, 0.25) is 0 Å². The van der Waals surface area contributed by atoms with Gasteiger partial charge in [0.25, 0.3) is 0 Å². The molecule has 3 rings (SSSR count). The Morgan fingerprint density at radius 1 is 0.762 bits per heavy atom. The average molecular weight is 685 g/mol. The van der Waals surface area contributed by atoms with Crippen LogP contribution in [0.2, 0.25) is 0 Å². The van der Waals surface area contributed by atoms with Crippen molar-refractivity contribution in [2.45, 2.75) is 13.8 Å². The number of fused-ring (bicyclic) bond motifs is 3. The molecule has 0 radical (unpaired) electrons. The molecule has 2 heterocycles. The van der Waals surface area contributed by atoms with Crippen LogP contribution in [-0.2, 0) is 11.2 Å². The van der Waals surface area contributed by atoms with Gasteiger partial charge in [0, 0.05) is 22.2 Å². The number of hydrogen-bond acceptors (Lipinski definition) is 2. The third-order valence-electron chi connectivity index (χ3n) is 2.80. The van der Waals surface area contributed by atoms with Crippen LogP contribution in [0.5, 0.6) is 0 Å². The molecule has 0 saturated heterocycles. The quantitative estimate of drug-likeness (QED) is 0.166. The van der Waals surface area contributed by atoms with Crippen LogP contribution >= 0.6 is 38.7 Å². The van der Waals surface area contributed by atoms with Crippen LogP contribution in [0.4, 0.5) is 0 Å². The zero-order chi connectivity index (χ0) is 15.8. The average Bonchev–Trinajstić information content (AvgIpc) is 2.50. The van der Waals surface area contributed by atoms with E-state index in [-0.39, 0.29) is 0 Å². The van der Waals surface area contributed by atoms with Crippen molar-refractivity contribution in [3.63, 3.8) is 0 Å². The summed E-state index contributed by atoms with van der Waals surface area (Å²) in [6, 6.07) is 12.5. The molecule has 0 atom stereocenters. The van der Waals surface area contributed by atoms with Crippen LogP contribution in [0.1, 0.15) is 11.4 Å². The van der Waals surface area contributed by atoms with E-state index in [1.165, 1.54) is 0 Å². The van der Waals surface area contributed by atoms with E-state index in [9.17, 15) is 0 Å². The summed E-state index contributed by atoms with van der Waals surface area (Å²) in [4.78, 5) is 9.16. The van der Waals surface area contributed by atoms with Crippen molar-refractivity contribution in [1.82, 2.24) is 9.97 Å². The summed E-state index contributed by atoms with van der Waals surface area (Å²) in [5, 5.41) is 2.30. The maximum absolute atomic E-state index is 4.58. The molecule has 2 nitrogen and oxygen atoms in total. The summed E-state index contributed by atoms with van der Waals surface area (Å²) in [5.41, 5.74) is 4.06. The van der Waals surface area contributed by atoms with Gasteiger partial charge in [-0.1, -0.05) is 24.3 Å². The third-order valence-corrected chi connectivity index (χ3v) is 2.80. The molecule has 0 aliphatic rings. The Morgan fingerprint density at radius 2 is 1.05 bits per heavy atom. The van der Waals surface area contributed by atoms with Crippen LogP contribution in [-0.4, -0.2) is 9.97 Å². The molecule has 0 saturated carbocycles. The number of pyridine rings is 2. The van der Waals surface area contributed by atoms with E-state index in [1.807, 2.05) is 26.0 Å². The van der Waals surface area contributed by atoms with Crippen molar-refractivity contribution < 1.29 is 11.2 Å². The van der Waals surface area contributed by atoms with Gasteiger partial charge in [-0.05, 0) is 26.0 Å². The molecule has 0 N–H and O–H groups in total. The predicted molar refractivity (Wildman–Crippen MR) is 106 cm³/mol. The summed E-state index contributed by atoms with van der Waals surface area (Å²) in [5.74, 6) is 0. The second kappa shape index (κ2) is 9.85. The molecule has 3 aromatic rings. The van der Waals surface area contributed by atoms with Crippen molar-refractivity contribution in [3.8, 4) is 0 Å². The number of benzene rings is 1. The van der Waals surface area contributed by atoms with E-state index < -0.39 is 0 Å². The number of aromatic nitrogens is 2. The van der Waals surface area contributed by atoms with E-state index >= 15 is 0 Å². The predicted octanol–water partition coefficient (Wildman–Crippen LogP) is 5.97. The van der Waals surface area contributed by atoms with Gasteiger partial charge < -0.3 is 0 Å². The van der Waals surface area contributed by atoms with Gasteiger partial charge >= 0.3 is 49.9 Å². The van der Waals surface area contributed by atoms with E-state index in [0.29, 0.717) is 11.2 Å². The van der Waals surface area contributed by atoms with E-state index in [1.54, 1.807) is 0 Å². The van der Waals surface area contributed by atoms with Crippen LogP contribution in [0.3, 0.4) is 0 Å². The molecule has 0 fully saturated rings. The monoisotopic (exact) mass is 685 g/mol. The van der Waals surface area contributed by atoms with E-state index in [2.05, 4.69) is 86.1 Å². The van der Waals surface area contributed by atoms with Crippen molar-refractivity contribution in [2.24, 2.45) is 0 Å². The number of halogens is 2. The zero-order valence-corrected chi connectivity index (χ0v) is 18.4. The molecule has 114 valence electrons. The first-order valence-electron chi connectivity index (χ1n) is 6.12. The second-order valence-electron chi connectivity index (χ2n) is 4.16. The molecule has 0 aliphatic heterocycles. The van der Waals surface area contributed by atoms with Crippen LogP contribution in [0, 0.1) is 13.8 Å². The molecule has 0 bridgehead atoms. The molecule has 0 aliphatic carbocycles. The van der Waals surface area contributed by atoms with Crippen LogP contribution in [0.25, 0.3) is 21.8 Å². The molecular formula is C16H16I2N2Pt. The Bertz CT molecular complexity index is 671. The SMILES string of the molecule is C=C.Cc1ccc2ccc3ccc(C)nc3c2n1.[I][Pt][I]. The summed E-state index contributed by atoms with van der Waals surface area (Å²) < 4.78 is 0. The minimum atomic E-state index is 0.523. The summed E-state index contributed by atoms with van der Waals surface area (Å²) in [6.07, 6.45) is 0. The molecule has 5 heteroatoms. The molecular weight excluding hydrogens is 669 g/mol. The minimum absolute atomic E-state index is 0.523. The molecule has 2 aromatic heterocycles. The first-order chi connectivity index (χ1) is 10.2. The number of aryl methyl sites for hydroxylation is 2. The van der Waals surface area contributed by atoms with Crippen molar-refractivity contribution in [3.05, 3.63) is 60.9 Å². The number of rotatable bonds is 0. The fraction of sp³-hybridized carbons (Fsp3) is 0.125. The van der Waals surface area contributed by atoms with Gasteiger partial charge in [-0.15, -0.1) is 13.2 Å². The second-order valence-corrected chi connectivity index (χ2v) is 20.8. The van der Waals surface area contributed by atoms with Crippen molar-refractivity contribution in [2.75, 3.05) is 0 Å². The van der Waals surface area contributed by atoms with Crippen LogP contribution < -0.4 is 0 Å². The Labute approximate surface area is 155 Å². The Morgan fingerprint density at radius 3 is 1.38 bits per heavy atom. The molecule has 0 amide bonds. The standard InChI is InChI=1S/C14H12N2.C2H4.2HI.Pt/c1-9-3-5-11-7-8-12-6-4-10(2)16-14(12)13(11)15-9;1-2;;;/h3-8H,1-2H3;1-2H2;2*1H;/q;;;;+2/p-2. The van der Waals surface area contributed by atoms with Gasteiger partial charge in [0.05, 0.1) is 11.0 Å². The first-order valence-corrected chi connectivity index (χ1v) is 19.0. The molecule has 1 aromatic carbocycles. The van der Waals surface area contributed by atoms with Crippen molar-refractivity contribution >= 4 is 60.5 Å². The molecule has 0 unspecified atom stereocenters. The summed E-state index contributed by atoms with van der Waals surface area (Å²) >= 11 is 5.30. The topological polar surface area (TPSA) is 25.8 Å². The van der Waals surface area contributed by atoms with Gasteiger partial charge in [0.1, 0.15) is 0 Å². The fourth-order valence-corrected chi connectivity index (χ4v) is 1.96. The molecule has 0 spiro atoms. The fourth-order valence-electron chi connectivity index (χ4n) is 1.96. The third kappa shape index (κ3) is 5.25.